The second-order valence-electron chi connectivity index (χ2n) is 3.74. The second-order valence-corrected chi connectivity index (χ2v) is 3.74. The normalized spacial score (nSPS) is 15.0. The Kier molecular flexibility index (Phi) is 5.42. The molecule has 0 aliphatic heterocycles. The zero-order valence-corrected chi connectivity index (χ0v) is 10.3. The van der Waals surface area contributed by atoms with Gasteiger partial charge < -0.3 is 15.0 Å². The smallest absolute Gasteiger partial charge is 0.243 e. The zero-order chi connectivity index (χ0) is 12.0. The Bertz CT molecular complexity index is 295. The van der Waals surface area contributed by atoms with Gasteiger partial charge in [-0.25, -0.2) is 0 Å². The van der Waals surface area contributed by atoms with E-state index in [2.05, 4.69) is 17.1 Å². The predicted octanol–water partition coefficient (Wildman–Crippen LogP) is 2.36. The number of hydrogen-bond acceptors (Lipinski definition) is 5. The molecular formula is C11H21N3O2. The van der Waals surface area contributed by atoms with Gasteiger partial charge in [-0.05, 0) is 19.8 Å². The molecule has 1 heterocycles. The number of nitrogens with two attached hydrogens (primary N) is 1. The largest absolute Gasteiger partial charge is 0.370 e. The number of hydrogen-bond donors (Lipinski definition) is 1. The van der Waals surface area contributed by atoms with Crippen LogP contribution in [0.1, 0.15) is 63.9 Å². The van der Waals surface area contributed by atoms with Gasteiger partial charge >= 0.3 is 0 Å². The van der Waals surface area contributed by atoms with Gasteiger partial charge in [0.15, 0.2) is 0 Å². The molecule has 92 valence electrons. The summed E-state index contributed by atoms with van der Waals surface area (Å²) in [5, 5.41) is 3.93. The van der Waals surface area contributed by atoms with Crippen molar-refractivity contribution in [3.63, 3.8) is 0 Å². The number of aromatic nitrogens is 2. The maximum Gasteiger partial charge on any atom is 0.243 e. The van der Waals surface area contributed by atoms with E-state index in [1.165, 1.54) is 0 Å². The van der Waals surface area contributed by atoms with E-state index >= 15 is 0 Å². The molecule has 0 aliphatic rings. The Morgan fingerprint density at radius 1 is 1.38 bits per heavy atom. The standard InChI is InChI=1S/C11H21N3O2/c1-4-7-9(15-6-3)10-13-11(16-14-10)8(12)5-2/h8-9H,4-7,12H2,1-3H3. The summed E-state index contributed by atoms with van der Waals surface area (Å²) in [6.07, 6.45) is 2.63. The summed E-state index contributed by atoms with van der Waals surface area (Å²) in [5.74, 6) is 1.11. The molecule has 0 spiro atoms. The van der Waals surface area contributed by atoms with Crippen LogP contribution >= 0.6 is 0 Å². The third-order valence-electron chi connectivity index (χ3n) is 2.42. The molecule has 16 heavy (non-hydrogen) atoms. The quantitative estimate of drug-likeness (QED) is 0.774. The van der Waals surface area contributed by atoms with Crippen molar-refractivity contribution >= 4 is 0 Å². The number of ether oxygens (including phenoxy) is 1. The molecule has 5 heteroatoms. The van der Waals surface area contributed by atoms with Crippen LogP contribution in [-0.4, -0.2) is 16.7 Å². The van der Waals surface area contributed by atoms with Gasteiger partial charge in [0.05, 0.1) is 6.04 Å². The molecular weight excluding hydrogens is 206 g/mol. The molecule has 5 nitrogen and oxygen atoms in total. The summed E-state index contributed by atoms with van der Waals surface area (Å²) < 4.78 is 10.7. The number of nitrogens with zero attached hydrogens (tertiary/aromatic N) is 2. The fraction of sp³-hybridized carbons (Fsp3) is 0.818. The van der Waals surface area contributed by atoms with E-state index in [0.717, 1.165) is 19.3 Å². The van der Waals surface area contributed by atoms with Crippen LogP contribution in [0, 0.1) is 0 Å². The number of rotatable bonds is 7. The molecule has 1 aromatic heterocycles. The molecule has 1 rings (SSSR count). The average molecular weight is 227 g/mol. The lowest BCUT2D eigenvalue weighted by atomic mass is 10.2. The average Bonchev–Trinajstić information content (AvgIpc) is 2.77. The fourth-order valence-electron chi connectivity index (χ4n) is 1.45. The van der Waals surface area contributed by atoms with Gasteiger partial charge in [-0.1, -0.05) is 25.4 Å². The summed E-state index contributed by atoms with van der Waals surface area (Å²) in [6.45, 7) is 6.70. The van der Waals surface area contributed by atoms with Crippen LogP contribution in [0.5, 0.6) is 0 Å². The topological polar surface area (TPSA) is 74.2 Å². The van der Waals surface area contributed by atoms with Crippen LogP contribution in [-0.2, 0) is 4.74 Å². The minimum Gasteiger partial charge on any atom is -0.370 e. The van der Waals surface area contributed by atoms with Crippen molar-refractivity contribution in [2.24, 2.45) is 5.73 Å². The van der Waals surface area contributed by atoms with E-state index in [4.69, 9.17) is 15.0 Å². The van der Waals surface area contributed by atoms with Gasteiger partial charge in [0.2, 0.25) is 11.7 Å². The monoisotopic (exact) mass is 227 g/mol. The molecule has 2 N–H and O–H groups in total. The lowest BCUT2D eigenvalue weighted by molar-refractivity contribution is 0.0477. The molecule has 1 aromatic rings. The highest BCUT2D eigenvalue weighted by molar-refractivity contribution is 4.94. The van der Waals surface area contributed by atoms with E-state index in [1.807, 2.05) is 13.8 Å². The third kappa shape index (κ3) is 3.28. The van der Waals surface area contributed by atoms with E-state index in [1.54, 1.807) is 0 Å². The summed E-state index contributed by atoms with van der Waals surface area (Å²) in [5.41, 5.74) is 5.82. The van der Waals surface area contributed by atoms with Gasteiger partial charge in [0, 0.05) is 6.61 Å². The fourth-order valence-corrected chi connectivity index (χ4v) is 1.45. The lowest BCUT2D eigenvalue weighted by Crippen LogP contribution is -2.10. The van der Waals surface area contributed by atoms with E-state index in [0.29, 0.717) is 18.3 Å². The maximum absolute atomic E-state index is 5.82. The van der Waals surface area contributed by atoms with Crippen LogP contribution < -0.4 is 5.73 Å². The van der Waals surface area contributed by atoms with Crippen molar-refractivity contribution in [2.45, 2.75) is 52.2 Å². The first-order valence-electron chi connectivity index (χ1n) is 5.93. The molecule has 0 fully saturated rings. The molecule has 0 radical (unpaired) electrons. The molecule has 0 bridgehead atoms. The van der Waals surface area contributed by atoms with Crippen LogP contribution in [0.2, 0.25) is 0 Å². The first kappa shape index (κ1) is 13.1. The van der Waals surface area contributed by atoms with Crippen LogP contribution in [0.4, 0.5) is 0 Å². The van der Waals surface area contributed by atoms with Gasteiger partial charge in [0.25, 0.3) is 0 Å². The SMILES string of the molecule is CCCC(OCC)c1noc(C(N)CC)n1. The molecule has 0 saturated carbocycles. The van der Waals surface area contributed by atoms with Crippen molar-refractivity contribution < 1.29 is 9.26 Å². The Morgan fingerprint density at radius 3 is 2.69 bits per heavy atom. The molecule has 2 atom stereocenters. The van der Waals surface area contributed by atoms with Crippen molar-refractivity contribution in [3.8, 4) is 0 Å². The zero-order valence-electron chi connectivity index (χ0n) is 10.3. The lowest BCUT2D eigenvalue weighted by Gasteiger charge is -2.11. The molecule has 2 unspecified atom stereocenters. The Labute approximate surface area is 96.4 Å². The first-order chi connectivity index (χ1) is 7.72. The summed E-state index contributed by atoms with van der Waals surface area (Å²) in [7, 11) is 0. The Morgan fingerprint density at radius 2 is 2.12 bits per heavy atom. The third-order valence-corrected chi connectivity index (χ3v) is 2.42. The minimum atomic E-state index is -0.176. The summed E-state index contributed by atoms with van der Waals surface area (Å²) >= 11 is 0. The van der Waals surface area contributed by atoms with Gasteiger partial charge in [-0.2, -0.15) is 4.98 Å². The molecule has 0 saturated heterocycles. The Balaban J connectivity index is 2.72. The van der Waals surface area contributed by atoms with Crippen LogP contribution in [0.25, 0.3) is 0 Å². The minimum absolute atomic E-state index is 0.0726. The van der Waals surface area contributed by atoms with Crippen molar-refractivity contribution in [3.05, 3.63) is 11.7 Å². The molecule has 0 amide bonds. The van der Waals surface area contributed by atoms with Crippen LogP contribution in [0.15, 0.2) is 4.52 Å². The van der Waals surface area contributed by atoms with E-state index in [-0.39, 0.29) is 12.1 Å². The molecule has 0 aliphatic carbocycles. The van der Waals surface area contributed by atoms with Gasteiger partial charge in [-0.15, -0.1) is 0 Å². The van der Waals surface area contributed by atoms with Gasteiger partial charge in [-0.3, -0.25) is 0 Å². The van der Waals surface area contributed by atoms with Crippen LogP contribution in [0.3, 0.4) is 0 Å². The van der Waals surface area contributed by atoms with Crippen molar-refractivity contribution in [2.75, 3.05) is 6.61 Å². The maximum atomic E-state index is 5.82. The van der Waals surface area contributed by atoms with Crippen molar-refractivity contribution in [1.29, 1.82) is 0 Å². The highest BCUT2D eigenvalue weighted by atomic mass is 16.5. The van der Waals surface area contributed by atoms with Gasteiger partial charge in [0.1, 0.15) is 6.10 Å². The second kappa shape index (κ2) is 6.60. The Hall–Kier alpha value is -0.940. The highest BCUT2D eigenvalue weighted by Crippen LogP contribution is 2.21. The highest BCUT2D eigenvalue weighted by Gasteiger charge is 2.19. The molecule has 0 aromatic carbocycles. The van der Waals surface area contributed by atoms with E-state index in [9.17, 15) is 0 Å². The predicted molar refractivity (Wildman–Crippen MR) is 60.8 cm³/mol. The van der Waals surface area contributed by atoms with E-state index < -0.39 is 0 Å². The van der Waals surface area contributed by atoms with Crippen molar-refractivity contribution in [1.82, 2.24) is 10.1 Å². The summed E-state index contributed by atoms with van der Waals surface area (Å²) in [4.78, 5) is 4.29. The summed E-state index contributed by atoms with van der Waals surface area (Å²) in [6, 6.07) is -0.176. The first-order valence-corrected chi connectivity index (χ1v) is 5.93.